The molecule has 1 unspecified atom stereocenters. The fourth-order valence-corrected chi connectivity index (χ4v) is 1.47. The summed E-state index contributed by atoms with van der Waals surface area (Å²) in [6, 6.07) is 0. The molecule has 0 aromatic rings. The molecule has 0 fully saturated rings. The first kappa shape index (κ1) is 18.1. The molecule has 0 aromatic heterocycles. The van der Waals surface area contributed by atoms with Gasteiger partial charge in [-0.15, -0.1) is 5.57 Å². The monoisotopic (exact) mass is 440 g/mol. The number of hydrogen-bond donors (Lipinski definition) is 1. The van der Waals surface area contributed by atoms with Gasteiger partial charge in [0.05, 0.1) is 7.11 Å². The SMILES string of the molecule is COC(=O)C1=[C-]C(O)CN(C(=O)OC(C)(C)C)C1.[W]. The summed E-state index contributed by atoms with van der Waals surface area (Å²) in [6.07, 6.45) is 0.970. The third-order valence-corrected chi connectivity index (χ3v) is 2.17. The molecule has 1 aliphatic heterocycles. The predicted molar refractivity (Wildman–Crippen MR) is 62.6 cm³/mol. The van der Waals surface area contributed by atoms with E-state index in [-0.39, 0.29) is 39.7 Å². The summed E-state index contributed by atoms with van der Waals surface area (Å²) in [5, 5.41) is 9.55. The summed E-state index contributed by atoms with van der Waals surface area (Å²) in [7, 11) is 1.23. The van der Waals surface area contributed by atoms with Crippen LogP contribution < -0.4 is 0 Å². The molecular formula is C12H18NO5W-. The van der Waals surface area contributed by atoms with Crippen LogP contribution in [0.5, 0.6) is 0 Å². The van der Waals surface area contributed by atoms with Crippen molar-refractivity contribution in [3.05, 3.63) is 11.6 Å². The van der Waals surface area contributed by atoms with E-state index in [9.17, 15) is 14.7 Å². The standard InChI is InChI=1S/C12H18NO5.W/c1-12(2,3)18-11(16)13-6-8(10(15)17-4)5-9(14)7-13;/h9,14H,6-7H2,1-4H3;/q-1;. The van der Waals surface area contributed by atoms with Gasteiger partial charge in [-0.25, -0.2) is 10.9 Å². The fourth-order valence-electron chi connectivity index (χ4n) is 1.47. The van der Waals surface area contributed by atoms with Crippen molar-refractivity contribution in [1.29, 1.82) is 0 Å². The number of aliphatic hydroxyl groups is 1. The zero-order chi connectivity index (χ0) is 13.9. The summed E-state index contributed by atoms with van der Waals surface area (Å²) < 4.78 is 9.71. The van der Waals surface area contributed by atoms with Gasteiger partial charge in [0.1, 0.15) is 5.60 Å². The topological polar surface area (TPSA) is 76.1 Å². The normalized spacial score (nSPS) is 19.1. The minimum Gasteiger partial charge on any atom is -0.550 e. The van der Waals surface area contributed by atoms with Crippen LogP contribution in [0, 0.1) is 6.08 Å². The Morgan fingerprint density at radius 2 is 2.00 bits per heavy atom. The molecule has 1 atom stereocenters. The van der Waals surface area contributed by atoms with E-state index in [2.05, 4.69) is 10.8 Å². The number of methoxy groups -OCH3 is 1. The molecule has 7 heteroatoms. The van der Waals surface area contributed by atoms with E-state index >= 15 is 0 Å². The van der Waals surface area contributed by atoms with Crippen molar-refractivity contribution in [3.8, 4) is 0 Å². The number of carbonyl (C=O) groups excluding carboxylic acids is 2. The molecule has 1 aliphatic rings. The number of β-amino-alcohol motifs (C(OH)–C–C–N with tert-alkyl or cyclic N) is 1. The first-order valence-corrected chi connectivity index (χ1v) is 5.59. The van der Waals surface area contributed by atoms with Crippen molar-refractivity contribution in [1.82, 2.24) is 4.90 Å². The van der Waals surface area contributed by atoms with Crippen molar-refractivity contribution in [2.24, 2.45) is 0 Å². The molecule has 6 nitrogen and oxygen atoms in total. The summed E-state index contributed by atoms with van der Waals surface area (Å²) in [4.78, 5) is 24.4. The number of amides is 1. The van der Waals surface area contributed by atoms with Crippen LogP contribution in [0.4, 0.5) is 4.79 Å². The van der Waals surface area contributed by atoms with Gasteiger partial charge < -0.3 is 24.3 Å². The van der Waals surface area contributed by atoms with Crippen LogP contribution in [0.2, 0.25) is 0 Å². The van der Waals surface area contributed by atoms with Gasteiger partial charge >= 0.3 is 6.09 Å². The van der Waals surface area contributed by atoms with Crippen molar-refractivity contribution in [3.63, 3.8) is 0 Å². The number of rotatable bonds is 1. The largest absolute Gasteiger partial charge is 0.550 e. The molecule has 1 rings (SSSR count). The molecule has 0 saturated carbocycles. The van der Waals surface area contributed by atoms with Gasteiger partial charge in [-0.1, -0.05) is 0 Å². The smallest absolute Gasteiger partial charge is 0.410 e. The number of hydrogen-bond acceptors (Lipinski definition) is 5. The van der Waals surface area contributed by atoms with Crippen LogP contribution in [0.15, 0.2) is 5.57 Å². The van der Waals surface area contributed by atoms with Gasteiger partial charge in [0.15, 0.2) is 5.97 Å². The average molecular weight is 440 g/mol. The molecule has 0 radical (unpaired) electrons. The molecule has 0 aliphatic carbocycles. The van der Waals surface area contributed by atoms with Crippen LogP contribution in [0.25, 0.3) is 0 Å². The van der Waals surface area contributed by atoms with E-state index < -0.39 is 23.8 Å². The Labute approximate surface area is 127 Å². The summed E-state index contributed by atoms with van der Waals surface area (Å²) in [5.74, 6) is -0.609. The number of ether oxygens (including phenoxy) is 2. The maximum Gasteiger partial charge on any atom is 0.410 e. The quantitative estimate of drug-likeness (QED) is 0.475. The maximum atomic E-state index is 11.8. The van der Waals surface area contributed by atoms with Crippen LogP contribution in [0.1, 0.15) is 20.8 Å². The van der Waals surface area contributed by atoms with Gasteiger partial charge in [-0.05, 0) is 20.8 Å². The summed E-state index contributed by atoms with van der Waals surface area (Å²) in [5.41, 5.74) is -0.500. The van der Waals surface area contributed by atoms with Gasteiger partial charge in [0.2, 0.25) is 0 Å². The third-order valence-electron chi connectivity index (χ3n) is 2.17. The van der Waals surface area contributed by atoms with Gasteiger partial charge in [-0.2, -0.15) is 0 Å². The van der Waals surface area contributed by atoms with E-state index in [1.165, 1.54) is 12.0 Å². The summed E-state index contributed by atoms with van der Waals surface area (Å²) >= 11 is 0. The first-order chi connectivity index (χ1) is 8.23. The molecule has 0 saturated heterocycles. The maximum absolute atomic E-state index is 11.8. The van der Waals surface area contributed by atoms with Gasteiger partial charge in [0.25, 0.3) is 0 Å². The Balaban J connectivity index is 0.00000324. The van der Waals surface area contributed by atoms with Crippen LogP contribution in [-0.4, -0.2) is 54.0 Å². The second-order valence-electron chi connectivity index (χ2n) is 4.99. The number of aliphatic hydroxyl groups excluding tert-OH is 1. The third kappa shape index (κ3) is 5.74. The Kier molecular flexibility index (Phi) is 6.73. The van der Waals surface area contributed by atoms with Crippen molar-refractivity contribution in [2.45, 2.75) is 32.5 Å². The Hall–Kier alpha value is -0.872. The Bertz CT molecular complexity index is 375. The first-order valence-electron chi connectivity index (χ1n) is 5.59. The molecule has 1 amide bonds. The molecular weight excluding hydrogens is 422 g/mol. The van der Waals surface area contributed by atoms with Crippen molar-refractivity contribution < 1.29 is 45.2 Å². The molecule has 108 valence electrons. The van der Waals surface area contributed by atoms with Crippen LogP contribution >= 0.6 is 0 Å². The van der Waals surface area contributed by atoms with Crippen LogP contribution in [0.3, 0.4) is 0 Å². The fraction of sp³-hybridized carbons (Fsp3) is 0.667. The molecule has 0 bridgehead atoms. The van der Waals surface area contributed by atoms with E-state index in [0.717, 1.165) is 0 Å². The van der Waals surface area contributed by atoms with Crippen LogP contribution in [-0.2, 0) is 35.3 Å². The minimum absolute atomic E-state index is 0. The van der Waals surface area contributed by atoms with E-state index in [4.69, 9.17) is 4.74 Å². The minimum atomic E-state index is -1.01. The summed E-state index contributed by atoms with van der Waals surface area (Å²) in [6.45, 7) is 5.31. The Morgan fingerprint density at radius 1 is 1.42 bits per heavy atom. The average Bonchev–Trinajstić information content (AvgIpc) is 2.24. The molecule has 1 heterocycles. The Morgan fingerprint density at radius 3 is 2.47 bits per heavy atom. The number of esters is 1. The number of carbonyl (C=O) groups is 2. The van der Waals surface area contributed by atoms with E-state index in [1.54, 1.807) is 20.8 Å². The van der Waals surface area contributed by atoms with Gasteiger partial charge in [-0.3, -0.25) is 0 Å². The van der Waals surface area contributed by atoms with Crippen molar-refractivity contribution >= 4 is 12.1 Å². The van der Waals surface area contributed by atoms with Gasteiger partial charge in [0, 0.05) is 40.3 Å². The number of nitrogens with zero attached hydrogens (tertiary/aromatic N) is 1. The van der Waals surface area contributed by atoms with Crippen molar-refractivity contribution in [2.75, 3.05) is 20.2 Å². The second kappa shape index (κ2) is 7.06. The van der Waals surface area contributed by atoms with E-state index in [1.807, 2.05) is 0 Å². The predicted octanol–water partition coefficient (Wildman–Crippen LogP) is 0.498. The molecule has 19 heavy (non-hydrogen) atoms. The van der Waals surface area contributed by atoms with E-state index in [0.29, 0.717) is 0 Å². The molecule has 0 aromatic carbocycles. The second-order valence-corrected chi connectivity index (χ2v) is 4.99. The zero-order valence-corrected chi connectivity index (χ0v) is 14.4. The zero-order valence-electron chi connectivity index (χ0n) is 11.4. The molecule has 1 N–H and O–H groups in total. The molecule has 0 spiro atoms.